The standard InChI is InChI=1S/C28H27F3N4O5S/c1-16-14-35(41(38,39)25-7-5-4-6-24(25)40-16)15-19-12-18(8-10-22(19)28(29,30)31)21(13-26(36)37)20-9-11-23-27(17(20)2)32-33-34(23)3/h4-12,16,21H,13-15H2,1-3H3,(H,36,37)/t16-,21?/m1/s1. The molecule has 2 atom stereocenters. The fourth-order valence-corrected chi connectivity index (χ4v) is 6.94. The Morgan fingerprint density at radius 2 is 1.90 bits per heavy atom. The summed E-state index contributed by atoms with van der Waals surface area (Å²) in [6, 6.07) is 12.8. The van der Waals surface area contributed by atoms with Crippen LogP contribution in [0.5, 0.6) is 5.75 Å². The van der Waals surface area contributed by atoms with Crippen LogP contribution in [0.3, 0.4) is 0 Å². The van der Waals surface area contributed by atoms with Crippen LogP contribution in [-0.2, 0) is 34.6 Å². The zero-order valence-electron chi connectivity index (χ0n) is 22.4. The molecule has 1 aromatic heterocycles. The Labute approximate surface area is 234 Å². The van der Waals surface area contributed by atoms with E-state index in [0.717, 1.165) is 15.9 Å². The Hall–Kier alpha value is -3.97. The summed E-state index contributed by atoms with van der Waals surface area (Å²) in [7, 11) is -2.50. The number of carboxylic acids is 1. The van der Waals surface area contributed by atoms with Crippen LogP contribution in [0.2, 0.25) is 0 Å². The Morgan fingerprint density at radius 3 is 2.61 bits per heavy atom. The maximum atomic E-state index is 14.2. The van der Waals surface area contributed by atoms with E-state index >= 15 is 0 Å². The van der Waals surface area contributed by atoms with E-state index in [4.69, 9.17) is 4.74 Å². The number of halogens is 3. The summed E-state index contributed by atoms with van der Waals surface area (Å²) in [5.41, 5.74) is 1.51. The number of rotatable bonds is 6. The molecule has 0 amide bonds. The SMILES string of the molecule is Cc1c(C(CC(=O)O)c2ccc(C(F)(F)F)c(CN3C[C@@H](C)Oc4ccccc4S3(=O)=O)c2)ccc2c1nnn2C. The third-order valence-electron chi connectivity index (χ3n) is 7.27. The summed E-state index contributed by atoms with van der Waals surface area (Å²) in [6.45, 7) is 2.63. The molecule has 3 aromatic carbocycles. The number of aliphatic carboxylic acids is 1. The second kappa shape index (κ2) is 10.5. The highest BCUT2D eigenvalue weighted by atomic mass is 32.2. The Kier molecular flexibility index (Phi) is 7.28. The molecule has 1 aliphatic rings. The average molecular weight is 589 g/mol. The molecule has 0 saturated heterocycles. The number of sulfonamides is 1. The van der Waals surface area contributed by atoms with Gasteiger partial charge in [0.15, 0.2) is 0 Å². The molecule has 216 valence electrons. The fourth-order valence-electron chi connectivity index (χ4n) is 5.32. The summed E-state index contributed by atoms with van der Waals surface area (Å²) in [5, 5.41) is 17.9. The lowest BCUT2D eigenvalue weighted by Crippen LogP contribution is -2.36. The third-order valence-corrected chi connectivity index (χ3v) is 9.12. The predicted molar refractivity (Wildman–Crippen MR) is 143 cm³/mol. The molecule has 13 heteroatoms. The number of nitrogens with zero attached hydrogens (tertiary/aromatic N) is 4. The van der Waals surface area contributed by atoms with Crippen molar-refractivity contribution >= 4 is 27.0 Å². The number of carboxylic acid groups (broad SMARTS) is 1. The van der Waals surface area contributed by atoms with Gasteiger partial charge in [-0.05, 0) is 60.4 Å². The van der Waals surface area contributed by atoms with Crippen LogP contribution in [0.1, 0.15) is 47.1 Å². The molecule has 41 heavy (non-hydrogen) atoms. The molecular weight excluding hydrogens is 561 g/mol. The first-order chi connectivity index (χ1) is 19.3. The van der Waals surface area contributed by atoms with Gasteiger partial charge >= 0.3 is 12.1 Å². The quantitative estimate of drug-likeness (QED) is 0.342. The van der Waals surface area contributed by atoms with Crippen LogP contribution in [0.25, 0.3) is 11.0 Å². The van der Waals surface area contributed by atoms with Crippen molar-refractivity contribution in [1.29, 1.82) is 0 Å². The second-order valence-electron chi connectivity index (χ2n) is 10.1. The van der Waals surface area contributed by atoms with E-state index in [0.29, 0.717) is 22.2 Å². The molecule has 5 rings (SSSR count). The van der Waals surface area contributed by atoms with Gasteiger partial charge in [-0.25, -0.2) is 13.1 Å². The summed E-state index contributed by atoms with van der Waals surface area (Å²) >= 11 is 0. The van der Waals surface area contributed by atoms with Crippen molar-refractivity contribution in [2.75, 3.05) is 6.54 Å². The molecule has 2 heterocycles. The van der Waals surface area contributed by atoms with Gasteiger partial charge in [-0.15, -0.1) is 5.10 Å². The van der Waals surface area contributed by atoms with Crippen LogP contribution in [-0.4, -0.2) is 51.4 Å². The number of hydrogen-bond acceptors (Lipinski definition) is 6. The van der Waals surface area contributed by atoms with Crippen molar-refractivity contribution in [3.05, 3.63) is 82.4 Å². The lowest BCUT2D eigenvalue weighted by atomic mass is 9.84. The van der Waals surface area contributed by atoms with Crippen LogP contribution in [0.15, 0.2) is 59.5 Å². The largest absolute Gasteiger partial charge is 0.488 e. The van der Waals surface area contributed by atoms with Gasteiger partial charge in [-0.3, -0.25) is 4.79 Å². The van der Waals surface area contributed by atoms with Gasteiger partial charge in [0.25, 0.3) is 0 Å². The van der Waals surface area contributed by atoms with E-state index in [1.807, 2.05) is 0 Å². The van der Waals surface area contributed by atoms with Crippen molar-refractivity contribution in [1.82, 2.24) is 19.3 Å². The molecular formula is C28H27F3N4O5S. The number of aromatic nitrogens is 3. The van der Waals surface area contributed by atoms with Crippen LogP contribution in [0.4, 0.5) is 13.2 Å². The topological polar surface area (TPSA) is 115 Å². The summed E-state index contributed by atoms with van der Waals surface area (Å²) in [6.07, 6.45) is -5.81. The van der Waals surface area contributed by atoms with E-state index < -0.39 is 52.7 Å². The second-order valence-corrected chi connectivity index (χ2v) is 12.0. The molecule has 1 N–H and O–H groups in total. The van der Waals surface area contributed by atoms with Crippen molar-refractivity contribution in [2.45, 2.75) is 49.9 Å². The molecule has 0 radical (unpaired) electrons. The number of ether oxygens (including phenoxy) is 1. The summed E-state index contributed by atoms with van der Waals surface area (Å²) in [4.78, 5) is 11.8. The highest BCUT2D eigenvalue weighted by molar-refractivity contribution is 7.89. The van der Waals surface area contributed by atoms with Crippen molar-refractivity contribution < 1.29 is 36.2 Å². The Bertz CT molecular complexity index is 1750. The van der Waals surface area contributed by atoms with Gasteiger partial charge in [0, 0.05) is 19.5 Å². The fraction of sp³-hybridized carbons (Fsp3) is 0.321. The van der Waals surface area contributed by atoms with E-state index in [-0.39, 0.29) is 22.8 Å². The summed E-state index contributed by atoms with van der Waals surface area (Å²) in [5.74, 6) is -1.85. The first-order valence-corrected chi connectivity index (χ1v) is 14.2. The first kappa shape index (κ1) is 28.6. The minimum absolute atomic E-state index is 0.128. The van der Waals surface area contributed by atoms with Gasteiger partial charge in [0.1, 0.15) is 22.3 Å². The number of para-hydroxylation sites is 1. The van der Waals surface area contributed by atoms with Crippen LogP contribution < -0.4 is 4.74 Å². The third kappa shape index (κ3) is 5.38. The van der Waals surface area contributed by atoms with E-state index in [2.05, 4.69) is 10.3 Å². The molecule has 1 unspecified atom stereocenters. The van der Waals surface area contributed by atoms with E-state index in [1.165, 1.54) is 30.3 Å². The lowest BCUT2D eigenvalue weighted by molar-refractivity contribution is -0.139. The molecule has 0 bridgehead atoms. The maximum Gasteiger partial charge on any atom is 0.416 e. The van der Waals surface area contributed by atoms with E-state index in [1.54, 1.807) is 43.8 Å². The Morgan fingerprint density at radius 1 is 1.17 bits per heavy atom. The molecule has 4 aromatic rings. The Balaban J connectivity index is 1.63. The average Bonchev–Trinajstić information content (AvgIpc) is 3.24. The van der Waals surface area contributed by atoms with Gasteiger partial charge in [-0.1, -0.05) is 35.5 Å². The lowest BCUT2D eigenvalue weighted by Gasteiger charge is -2.25. The van der Waals surface area contributed by atoms with Gasteiger partial charge in [0.05, 0.1) is 24.0 Å². The molecule has 9 nitrogen and oxygen atoms in total. The molecule has 0 saturated carbocycles. The predicted octanol–water partition coefficient (Wildman–Crippen LogP) is 4.87. The zero-order valence-corrected chi connectivity index (χ0v) is 23.2. The molecule has 0 aliphatic carbocycles. The smallest absolute Gasteiger partial charge is 0.416 e. The number of hydrogen-bond donors (Lipinski definition) is 1. The minimum Gasteiger partial charge on any atom is -0.488 e. The molecule has 0 fully saturated rings. The summed E-state index contributed by atoms with van der Waals surface area (Å²) < 4.78 is 78.0. The van der Waals surface area contributed by atoms with Crippen molar-refractivity contribution in [3.63, 3.8) is 0 Å². The van der Waals surface area contributed by atoms with E-state index in [9.17, 15) is 31.5 Å². The highest BCUT2D eigenvalue weighted by Crippen LogP contribution is 2.39. The zero-order chi connectivity index (χ0) is 29.7. The molecule has 0 spiro atoms. The highest BCUT2D eigenvalue weighted by Gasteiger charge is 2.38. The van der Waals surface area contributed by atoms with Gasteiger partial charge in [0.2, 0.25) is 10.0 Å². The molecule has 1 aliphatic heterocycles. The van der Waals surface area contributed by atoms with Crippen LogP contribution in [0, 0.1) is 6.92 Å². The van der Waals surface area contributed by atoms with Crippen molar-refractivity contribution in [2.24, 2.45) is 7.05 Å². The van der Waals surface area contributed by atoms with Gasteiger partial charge < -0.3 is 9.84 Å². The van der Waals surface area contributed by atoms with Gasteiger partial charge in [-0.2, -0.15) is 17.5 Å². The number of benzene rings is 3. The monoisotopic (exact) mass is 588 g/mol. The number of alkyl halides is 3. The van der Waals surface area contributed by atoms with Crippen molar-refractivity contribution in [3.8, 4) is 5.75 Å². The number of carbonyl (C=O) groups is 1. The minimum atomic E-state index is -4.78. The number of aryl methyl sites for hydroxylation is 2. The normalized spacial score (nSPS) is 18.0. The van der Waals surface area contributed by atoms with Crippen LogP contribution >= 0.6 is 0 Å². The first-order valence-electron chi connectivity index (χ1n) is 12.7. The number of fused-ring (bicyclic) bond motifs is 2. The maximum absolute atomic E-state index is 14.2.